The van der Waals surface area contributed by atoms with Crippen LogP contribution < -0.4 is 4.72 Å². The van der Waals surface area contributed by atoms with Crippen LogP contribution in [0.2, 0.25) is 5.02 Å². The lowest BCUT2D eigenvalue weighted by molar-refractivity contribution is 0.0950. The first-order valence-electron chi connectivity index (χ1n) is 10.6. The summed E-state index contributed by atoms with van der Waals surface area (Å²) < 4.78 is 36.7. The van der Waals surface area contributed by atoms with E-state index in [1.54, 1.807) is 19.3 Å². The Morgan fingerprint density at radius 3 is 2.55 bits per heavy atom. The van der Waals surface area contributed by atoms with Gasteiger partial charge in [-0.25, -0.2) is 18.4 Å². The van der Waals surface area contributed by atoms with Crippen LogP contribution in [-0.4, -0.2) is 50.5 Å². The molecule has 3 aromatic rings. The van der Waals surface area contributed by atoms with E-state index in [4.69, 9.17) is 16.3 Å². The van der Waals surface area contributed by atoms with Crippen molar-refractivity contribution in [1.82, 2.24) is 29.7 Å². The third-order valence-electron chi connectivity index (χ3n) is 6.48. The number of ether oxygens (including phenoxy) is 1. The molecule has 1 spiro atoms. The molecule has 3 aromatic heterocycles. The van der Waals surface area contributed by atoms with Gasteiger partial charge in [0.15, 0.2) is 11.6 Å². The summed E-state index contributed by atoms with van der Waals surface area (Å²) in [4.78, 5) is 12.5. The second-order valence-corrected chi connectivity index (χ2v) is 11.3. The van der Waals surface area contributed by atoms with Crippen molar-refractivity contribution in [2.45, 2.75) is 50.5 Å². The van der Waals surface area contributed by atoms with E-state index in [0.29, 0.717) is 10.8 Å². The molecule has 2 aliphatic rings. The summed E-state index contributed by atoms with van der Waals surface area (Å²) in [7, 11) is -2.51. The molecule has 3 heterocycles. The van der Waals surface area contributed by atoms with Crippen molar-refractivity contribution < 1.29 is 13.2 Å². The first-order chi connectivity index (χ1) is 15.7. The summed E-state index contributed by atoms with van der Waals surface area (Å²) >= 11 is 5.86. The van der Waals surface area contributed by atoms with Gasteiger partial charge in [0.05, 0.1) is 5.02 Å². The van der Waals surface area contributed by atoms with Crippen LogP contribution in [0.15, 0.2) is 30.9 Å². The highest BCUT2D eigenvalue weighted by molar-refractivity contribution is 7.93. The van der Waals surface area contributed by atoms with E-state index in [1.807, 2.05) is 17.6 Å². The molecule has 2 aliphatic carbocycles. The molecule has 0 aromatic carbocycles. The summed E-state index contributed by atoms with van der Waals surface area (Å²) in [5, 5.41) is 7.90. The second kappa shape index (κ2) is 8.00. The van der Waals surface area contributed by atoms with E-state index in [2.05, 4.69) is 29.9 Å². The standard InChI is InChI=1S/C21H24ClN7O3S/c1-12-6-14(9-23-8-12)19-26-27-20(29(19)16-7-21(16)4-5-21)28-33(30,31)13(2)17(32-3)18-24-10-15(22)11-25-18/h6,8-11,13,16-17H,4-5,7H2,1-3H3,(H,27,28)/t13?,16-,17?/m0/s1. The maximum atomic E-state index is 13.3. The predicted molar refractivity (Wildman–Crippen MR) is 122 cm³/mol. The molecular formula is C21H24ClN7O3S. The Hall–Kier alpha value is -2.63. The highest BCUT2D eigenvalue weighted by Gasteiger charge is 2.65. The van der Waals surface area contributed by atoms with Crippen LogP contribution >= 0.6 is 11.6 Å². The predicted octanol–water partition coefficient (Wildman–Crippen LogP) is 3.33. The number of nitrogens with zero attached hydrogens (tertiary/aromatic N) is 6. The van der Waals surface area contributed by atoms with Gasteiger partial charge in [0.25, 0.3) is 0 Å². The quantitative estimate of drug-likeness (QED) is 0.510. The van der Waals surface area contributed by atoms with Crippen molar-refractivity contribution in [2.75, 3.05) is 11.8 Å². The van der Waals surface area contributed by atoms with Gasteiger partial charge in [-0.05, 0) is 50.2 Å². The molecule has 3 atom stereocenters. The highest BCUT2D eigenvalue weighted by Crippen LogP contribution is 2.73. The third-order valence-corrected chi connectivity index (χ3v) is 8.37. The monoisotopic (exact) mass is 489 g/mol. The average molecular weight is 490 g/mol. The van der Waals surface area contributed by atoms with Crippen LogP contribution in [0.5, 0.6) is 0 Å². The van der Waals surface area contributed by atoms with Gasteiger partial charge < -0.3 is 4.74 Å². The Morgan fingerprint density at radius 1 is 1.21 bits per heavy atom. The zero-order valence-corrected chi connectivity index (χ0v) is 20.0. The summed E-state index contributed by atoms with van der Waals surface area (Å²) in [5.41, 5.74) is 2.03. The van der Waals surface area contributed by atoms with E-state index < -0.39 is 21.4 Å². The number of pyridine rings is 1. The molecule has 33 heavy (non-hydrogen) atoms. The minimum atomic E-state index is -3.93. The largest absolute Gasteiger partial charge is 0.372 e. The SMILES string of the molecule is COC(c1ncc(Cl)cn1)C(C)S(=O)(=O)Nc1nnc(-c2cncc(C)c2)n1[C@H]1CC12CC2. The fourth-order valence-electron chi connectivity index (χ4n) is 4.28. The molecule has 0 radical (unpaired) electrons. The number of aryl methyl sites for hydroxylation is 1. The van der Waals surface area contributed by atoms with Crippen LogP contribution in [0.4, 0.5) is 5.95 Å². The normalized spacial score (nSPS) is 20.4. The van der Waals surface area contributed by atoms with Gasteiger partial charge in [-0.15, -0.1) is 10.2 Å². The maximum Gasteiger partial charge on any atom is 0.240 e. The van der Waals surface area contributed by atoms with Gasteiger partial charge in [-0.1, -0.05) is 11.6 Å². The lowest BCUT2D eigenvalue weighted by Crippen LogP contribution is -2.33. The molecule has 5 rings (SSSR count). The fourth-order valence-corrected chi connectivity index (χ4v) is 5.51. The number of aromatic nitrogens is 6. The summed E-state index contributed by atoms with van der Waals surface area (Å²) in [6.45, 7) is 3.49. The average Bonchev–Trinajstić information content (AvgIpc) is 3.68. The number of halogens is 1. The molecule has 0 amide bonds. The van der Waals surface area contributed by atoms with Crippen molar-refractivity contribution in [3.8, 4) is 11.4 Å². The first-order valence-corrected chi connectivity index (χ1v) is 12.6. The Bertz CT molecular complexity index is 1290. The number of sulfonamides is 1. The third kappa shape index (κ3) is 4.09. The molecule has 0 saturated heterocycles. The van der Waals surface area contributed by atoms with Gasteiger partial charge in [0, 0.05) is 43.5 Å². The molecule has 0 aliphatic heterocycles. The maximum absolute atomic E-state index is 13.3. The van der Waals surface area contributed by atoms with Crippen molar-refractivity contribution >= 4 is 27.6 Å². The lowest BCUT2D eigenvalue weighted by Gasteiger charge is -2.22. The van der Waals surface area contributed by atoms with Crippen LogP contribution in [0.1, 0.15) is 49.7 Å². The molecule has 2 unspecified atom stereocenters. The molecule has 2 fully saturated rings. The number of anilines is 1. The minimum Gasteiger partial charge on any atom is -0.372 e. The number of nitrogens with one attached hydrogen (secondary N) is 1. The number of hydrogen-bond donors (Lipinski definition) is 1. The minimum absolute atomic E-state index is 0.161. The number of methoxy groups -OCH3 is 1. The molecule has 1 N–H and O–H groups in total. The van der Waals surface area contributed by atoms with Gasteiger partial charge >= 0.3 is 0 Å². The zero-order valence-electron chi connectivity index (χ0n) is 18.4. The Balaban J connectivity index is 1.47. The van der Waals surface area contributed by atoms with Crippen LogP contribution in [0.3, 0.4) is 0 Å². The van der Waals surface area contributed by atoms with Crippen LogP contribution in [-0.2, 0) is 14.8 Å². The fraction of sp³-hybridized carbons (Fsp3) is 0.476. The molecule has 2 saturated carbocycles. The molecule has 12 heteroatoms. The second-order valence-electron chi connectivity index (χ2n) is 8.82. The van der Waals surface area contributed by atoms with Gasteiger partial charge in [-0.3, -0.25) is 14.3 Å². The highest BCUT2D eigenvalue weighted by atomic mass is 35.5. The van der Waals surface area contributed by atoms with Crippen molar-refractivity contribution in [3.05, 3.63) is 47.3 Å². The molecule has 10 nitrogen and oxygen atoms in total. The van der Waals surface area contributed by atoms with Crippen LogP contribution in [0, 0.1) is 12.3 Å². The smallest absolute Gasteiger partial charge is 0.240 e. The molecular weight excluding hydrogens is 466 g/mol. The summed E-state index contributed by atoms with van der Waals surface area (Å²) in [6.07, 6.45) is 8.64. The van der Waals surface area contributed by atoms with Gasteiger partial charge in [0.2, 0.25) is 16.0 Å². The summed E-state index contributed by atoms with van der Waals surface area (Å²) in [5.74, 6) is 1.03. The Labute approximate surface area is 196 Å². The van der Waals surface area contributed by atoms with Crippen molar-refractivity contribution in [1.29, 1.82) is 0 Å². The van der Waals surface area contributed by atoms with E-state index >= 15 is 0 Å². The van der Waals surface area contributed by atoms with E-state index in [1.165, 1.54) is 19.5 Å². The molecule has 0 bridgehead atoms. The first kappa shape index (κ1) is 22.2. The van der Waals surface area contributed by atoms with Crippen molar-refractivity contribution in [2.24, 2.45) is 5.41 Å². The molecule has 174 valence electrons. The zero-order chi connectivity index (χ0) is 23.4. The van der Waals surface area contributed by atoms with E-state index in [0.717, 1.165) is 30.4 Å². The van der Waals surface area contributed by atoms with Crippen molar-refractivity contribution in [3.63, 3.8) is 0 Å². The Morgan fingerprint density at radius 2 is 1.94 bits per heavy atom. The van der Waals surface area contributed by atoms with Gasteiger partial charge in [0.1, 0.15) is 11.4 Å². The van der Waals surface area contributed by atoms with E-state index in [-0.39, 0.29) is 23.2 Å². The van der Waals surface area contributed by atoms with Crippen LogP contribution in [0.25, 0.3) is 11.4 Å². The number of rotatable bonds is 8. The Kier molecular flexibility index (Phi) is 5.37. The number of hydrogen-bond acceptors (Lipinski definition) is 8. The van der Waals surface area contributed by atoms with E-state index in [9.17, 15) is 8.42 Å². The summed E-state index contributed by atoms with van der Waals surface area (Å²) in [6, 6.07) is 2.13. The topological polar surface area (TPSA) is 125 Å². The lowest BCUT2D eigenvalue weighted by atomic mass is 10.2. The van der Waals surface area contributed by atoms with Gasteiger partial charge in [-0.2, -0.15) is 0 Å².